The van der Waals surface area contributed by atoms with E-state index in [4.69, 9.17) is 4.74 Å². The highest BCUT2D eigenvalue weighted by Crippen LogP contribution is 2.24. The second-order valence-corrected chi connectivity index (χ2v) is 5.19. The third-order valence-corrected chi connectivity index (χ3v) is 3.91. The van der Waals surface area contributed by atoms with Gasteiger partial charge in [0, 0.05) is 19.6 Å². The number of aromatic nitrogens is 2. The van der Waals surface area contributed by atoms with Crippen LogP contribution in [0.15, 0.2) is 4.79 Å². The Hall–Kier alpha value is -1.73. The number of carbonyl (C=O) groups is 1. The lowest BCUT2D eigenvalue weighted by molar-refractivity contribution is -0.0251. The van der Waals surface area contributed by atoms with Gasteiger partial charge in [-0.2, -0.15) is 5.10 Å². The third kappa shape index (κ3) is 2.59. The van der Waals surface area contributed by atoms with Crippen LogP contribution in [0.5, 0.6) is 0 Å². The van der Waals surface area contributed by atoms with Crippen LogP contribution in [0.1, 0.15) is 35.0 Å². The molecule has 2 unspecified atom stereocenters. The quantitative estimate of drug-likeness (QED) is 0.703. The number of nitrogens with zero attached hydrogens (tertiary/aromatic N) is 1. The van der Waals surface area contributed by atoms with Gasteiger partial charge in [0.05, 0.1) is 11.8 Å². The number of rotatable bonds is 3. The summed E-state index contributed by atoms with van der Waals surface area (Å²) in [5.74, 6) is -0.512. The molecule has 0 aliphatic carbocycles. The Balaban J connectivity index is 2.14. The van der Waals surface area contributed by atoms with Gasteiger partial charge in [0.1, 0.15) is 11.2 Å². The highest BCUT2D eigenvalue weighted by molar-refractivity contribution is 5.95. The van der Waals surface area contributed by atoms with Crippen LogP contribution in [0.25, 0.3) is 0 Å². The lowest BCUT2D eigenvalue weighted by Gasteiger charge is -2.26. The fourth-order valence-electron chi connectivity index (χ4n) is 2.22. The van der Waals surface area contributed by atoms with E-state index < -0.39 is 17.1 Å². The number of hydrogen-bond acceptors (Lipinski definition) is 5. The van der Waals surface area contributed by atoms with E-state index in [1.54, 1.807) is 20.8 Å². The summed E-state index contributed by atoms with van der Waals surface area (Å²) in [7, 11) is 0. The molecule has 0 radical (unpaired) electrons. The molecule has 1 fully saturated rings. The molecule has 1 saturated heterocycles. The number of aliphatic hydroxyl groups is 1. The Morgan fingerprint density at radius 1 is 1.60 bits per heavy atom. The molecule has 2 atom stereocenters. The Kier molecular flexibility index (Phi) is 3.92. The molecule has 2 heterocycles. The van der Waals surface area contributed by atoms with Crippen molar-refractivity contribution in [3.05, 3.63) is 27.2 Å². The Bertz CT molecular complexity index is 583. The van der Waals surface area contributed by atoms with E-state index in [9.17, 15) is 14.7 Å². The van der Waals surface area contributed by atoms with Crippen molar-refractivity contribution in [1.29, 1.82) is 0 Å². The summed E-state index contributed by atoms with van der Waals surface area (Å²) in [4.78, 5) is 23.8. The zero-order valence-corrected chi connectivity index (χ0v) is 11.8. The first-order valence-electron chi connectivity index (χ1n) is 6.53. The molecule has 7 nitrogen and oxygen atoms in total. The highest BCUT2D eigenvalue weighted by Gasteiger charge is 2.39. The number of aryl methyl sites for hydroxylation is 1. The Morgan fingerprint density at radius 3 is 2.90 bits per heavy atom. The zero-order valence-electron chi connectivity index (χ0n) is 11.8. The minimum absolute atomic E-state index is 0.0349. The smallest absolute Gasteiger partial charge is 0.277 e. The van der Waals surface area contributed by atoms with Gasteiger partial charge in [-0.1, -0.05) is 0 Å². The van der Waals surface area contributed by atoms with Crippen LogP contribution in [0.2, 0.25) is 0 Å². The van der Waals surface area contributed by atoms with E-state index in [0.717, 1.165) is 0 Å². The van der Waals surface area contributed by atoms with Gasteiger partial charge in [-0.15, -0.1) is 0 Å². The number of aromatic amines is 1. The first-order chi connectivity index (χ1) is 9.35. The van der Waals surface area contributed by atoms with Crippen LogP contribution in [-0.4, -0.2) is 46.1 Å². The molecule has 1 amide bonds. The van der Waals surface area contributed by atoms with Crippen LogP contribution >= 0.6 is 0 Å². The molecule has 3 N–H and O–H groups in total. The molecule has 0 aromatic carbocycles. The van der Waals surface area contributed by atoms with Crippen molar-refractivity contribution in [3.8, 4) is 0 Å². The molecule has 110 valence electrons. The molecule has 0 spiro atoms. The summed E-state index contributed by atoms with van der Waals surface area (Å²) >= 11 is 0. The van der Waals surface area contributed by atoms with Gasteiger partial charge in [0.2, 0.25) is 0 Å². The van der Waals surface area contributed by atoms with Gasteiger partial charge in [0.15, 0.2) is 0 Å². The van der Waals surface area contributed by atoms with E-state index in [0.29, 0.717) is 24.3 Å². The van der Waals surface area contributed by atoms with Crippen molar-refractivity contribution in [2.24, 2.45) is 0 Å². The molecular formula is C13H19N3O4. The summed E-state index contributed by atoms with van der Waals surface area (Å²) < 4.78 is 5.29. The second kappa shape index (κ2) is 5.34. The molecule has 0 bridgehead atoms. The summed E-state index contributed by atoms with van der Waals surface area (Å²) in [5, 5.41) is 19.0. The van der Waals surface area contributed by atoms with E-state index in [1.165, 1.54) is 0 Å². The fraction of sp³-hybridized carbons (Fsp3) is 0.615. The van der Waals surface area contributed by atoms with E-state index >= 15 is 0 Å². The normalized spacial score (nSPS) is 25.7. The maximum Gasteiger partial charge on any atom is 0.277 e. The van der Waals surface area contributed by atoms with Crippen molar-refractivity contribution in [1.82, 2.24) is 15.5 Å². The molecule has 2 rings (SSSR count). The second-order valence-electron chi connectivity index (χ2n) is 5.19. The first kappa shape index (κ1) is 14.7. The lowest BCUT2D eigenvalue weighted by Crippen LogP contribution is -2.48. The maximum absolute atomic E-state index is 12.1. The van der Waals surface area contributed by atoms with Crippen LogP contribution < -0.4 is 10.9 Å². The molecule has 1 aliphatic heterocycles. The summed E-state index contributed by atoms with van der Waals surface area (Å²) in [6, 6.07) is 0. The van der Waals surface area contributed by atoms with E-state index in [-0.39, 0.29) is 18.2 Å². The van der Waals surface area contributed by atoms with Crippen LogP contribution in [0, 0.1) is 13.8 Å². The molecule has 1 aliphatic rings. The topological polar surface area (TPSA) is 104 Å². The molecule has 1 aromatic rings. The van der Waals surface area contributed by atoms with Crippen molar-refractivity contribution in [2.75, 3.05) is 13.2 Å². The monoisotopic (exact) mass is 281 g/mol. The SMILES string of the molecule is Cc1n[nH]c(=O)c(C(=O)NCC2(O)CCOC2C)c1C. The Labute approximate surface area is 116 Å². The maximum atomic E-state index is 12.1. The molecule has 0 saturated carbocycles. The van der Waals surface area contributed by atoms with Gasteiger partial charge in [0.25, 0.3) is 11.5 Å². The largest absolute Gasteiger partial charge is 0.385 e. The summed E-state index contributed by atoms with van der Waals surface area (Å²) in [6.07, 6.45) is 0.112. The van der Waals surface area contributed by atoms with Gasteiger partial charge >= 0.3 is 0 Å². The first-order valence-corrected chi connectivity index (χ1v) is 6.53. The minimum atomic E-state index is -1.08. The molecular weight excluding hydrogens is 262 g/mol. The predicted molar refractivity (Wildman–Crippen MR) is 71.6 cm³/mol. The van der Waals surface area contributed by atoms with Crippen molar-refractivity contribution >= 4 is 5.91 Å². The minimum Gasteiger partial charge on any atom is -0.385 e. The van der Waals surface area contributed by atoms with Crippen LogP contribution in [-0.2, 0) is 4.74 Å². The number of hydrogen-bond donors (Lipinski definition) is 3. The number of H-pyrrole nitrogens is 1. The number of nitrogens with one attached hydrogen (secondary N) is 2. The van der Waals surface area contributed by atoms with E-state index in [2.05, 4.69) is 15.5 Å². The van der Waals surface area contributed by atoms with Crippen molar-refractivity contribution < 1.29 is 14.6 Å². The average Bonchev–Trinajstić information content (AvgIpc) is 2.73. The van der Waals surface area contributed by atoms with Crippen LogP contribution in [0.3, 0.4) is 0 Å². The standard InChI is InChI=1S/C13H19N3O4/c1-7-8(2)15-16-12(18)10(7)11(17)14-6-13(19)4-5-20-9(13)3/h9,19H,4-6H2,1-3H3,(H,14,17)(H,16,18). The lowest BCUT2D eigenvalue weighted by atomic mass is 9.96. The number of ether oxygens (including phenoxy) is 1. The van der Waals surface area contributed by atoms with Gasteiger partial charge in [-0.3, -0.25) is 9.59 Å². The molecule has 7 heteroatoms. The van der Waals surface area contributed by atoms with E-state index in [1.807, 2.05) is 0 Å². The average molecular weight is 281 g/mol. The molecule has 1 aromatic heterocycles. The van der Waals surface area contributed by atoms with Gasteiger partial charge < -0.3 is 15.2 Å². The third-order valence-electron chi connectivity index (χ3n) is 3.91. The Morgan fingerprint density at radius 2 is 2.30 bits per heavy atom. The van der Waals surface area contributed by atoms with Gasteiger partial charge in [-0.25, -0.2) is 5.10 Å². The molecule has 20 heavy (non-hydrogen) atoms. The van der Waals surface area contributed by atoms with Crippen molar-refractivity contribution in [3.63, 3.8) is 0 Å². The number of carbonyl (C=O) groups excluding carboxylic acids is 1. The van der Waals surface area contributed by atoms with Gasteiger partial charge in [-0.05, 0) is 26.3 Å². The predicted octanol–water partition coefficient (Wildman–Crippen LogP) is -0.344. The zero-order chi connectivity index (χ0) is 14.9. The van der Waals surface area contributed by atoms with Crippen molar-refractivity contribution in [2.45, 2.75) is 38.9 Å². The summed E-state index contributed by atoms with van der Waals surface area (Å²) in [6.45, 7) is 5.65. The number of amides is 1. The summed E-state index contributed by atoms with van der Waals surface area (Å²) in [5.41, 5.74) is -0.459. The van der Waals surface area contributed by atoms with Crippen LogP contribution in [0.4, 0.5) is 0 Å². The fourth-order valence-corrected chi connectivity index (χ4v) is 2.22. The highest BCUT2D eigenvalue weighted by atomic mass is 16.5.